The van der Waals surface area contributed by atoms with Gasteiger partial charge in [0.05, 0.1) is 24.8 Å². The van der Waals surface area contributed by atoms with E-state index in [-0.39, 0.29) is 18.5 Å². The Morgan fingerprint density at radius 2 is 1.83 bits per heavy atom. The van der Waals surface area contributed by atoms with Gasteiger partial charge in [0.2, 0.25) is 5.82 Å². The number of carbonyl (C=O) groups is 1. The lowest BCUT2D eigenvalue weighted by Crippen LogP contribution is -2.44. The largest absolute Gasteiger partial charge is 0.451 e. The highest BCUT2D eigenvalue weighted by Crippen LogP contribution is 2.27. The second-order valence-electron chi connectivity index (χ2n) is 8.96. The van der Waals surface area contributed by atoms with Crippen LogP contribution in [0.5, 0.6) is 0 Å². The van der Waals surface area contributed by atoms with Crippen molar-refractivity contribution in [1.29, 1.82) is 0 Å². The summed E-state index contributed by atoms with van der Waals surface area (Å²) in [5, 5.41) is 3.67. The molecule has 1 saturated heterocycles. The lowest BCUT2D eigenvalue weighted by molar-refractivity contribution is -0.145. The van der Waals surface area contributed by atoms with E-state index in [0.717, 1.165) is 11.2 Å². The zero-order valence-corrected chi connectivity index (χ0v) is 20.4. The quantitative estimate of drug-likeness (QED) is 0.528. The van der Waals surface area contributed by atoms with Crippen molar-refractivity contribution >= 4 is 22.6 Å². The highest BCUT2D eigenvalue weighted by atomic mass is 19.4. The molecule has 1 aliphatic heterocycles. The van der Waals surface area contributed by atoms with Crippen LogP contribution in [0.2, 0.25) is 0 Å². The zero-order valence-electron chi connectivity index (χ0n) is 20.4. The molecule has 1 aliphatic rings. The number of amides is 1. The Bertz CT molecular complexity index is 1200. The molecule has 2 aromatic heterocycles. The summed E-state index contributed by atoms with van der Waals surface area (Å²) in [5.74, 6) is -0.676. The fourth-order valence-electron chi connectivity index (χ4n) is 4.09. The molecule has 0 saturated carbocycles. The smallest absolute Gasteiger partial charge is 0.379 e. The third-order valence-corrected chi connectivity index (χ3v) is 6.35. The van der Waals surface area contributed by atoms with Gasteiger partial charge in [0, 0.05) is 61.6 Å². The van der Waals surface area contributed by atoms with E-state index in [4.69, 9.17) is 9.72 Å². The van der Waals surface area contributed by atoms with Crippen molar-refractivity contribution in [2.75, 3.05) is 44.8 Å². The number of pyridine rings is 1. The monoisotopic (exact) mass is 502 g/mol. The maximum atomic E-state index is 13.2. The molecule has 1 fully saturated rings. The van der Waals surface area contributed by atoms with Crippen LogP contribution in [0.1, 0.15) is 41.6 Å². The number of nitrogens with zero attached hydrogens (tertiary/aromatic N) is 5. The Hall–Kier alpha value is -3.31. The Kier molecular flexibility index (Phi) is 7.70. The van der Waals surface area contributed by atoms with Gasteiger partial charge >= 0.3 is 6.18 Å². The standard InChI is InChI=1S/C25H29F3N6O2/c1-16(2)33(3)22-8-7-18-19(5-4-6-20(18)32-22)23(35)29-15-21(34-9-11-36-12-10-34)17-13-30-24(31-14-17)25(26,27)28/h4-8,13-14,16,21H,9-12,15H2,1-3H3,(H,29,35). The molecule has 0 aliphatic carbocycles. The summed E-state index contributed by atoms with van der Waals surface area (Å²) >= 11 is 0. The Balaban J connectivity index is 1.55. The first-order chi connectivity index (χ1) is 17.1. The summed E-state index contributed by atoms with van der Waals surface area (Å²) in [4.78, 5) is 29.0. The second kappa shape index (κ2) is 10.8. The lowest BCUT2D eigenvalue weighted by atomic mass is 10.1. The van der Waals surface area contributed by atoms with Crippen LogP contribution >= 0.6 is 0 Å². The fraction of sp³-hybridized carbons (Fsp3) is 0.440. The molecule has 1 aromatic carbocycles. The predicted octanol–water partition coefficient (Wildman–Crippen LogP) is 3.69. The van der Waals surface area contributed by atoms with Crippen molar-refractivity contribution < 1.29 is 22.7 Å². The molecule has 0 spiro atoms. The first-order valence-electron chi connectivity index (χ1n) is 11.8. The van der Waals surface area contributed by atoms with Crippen molar-refractivity contribution in [2.45, 2.75) is 32.1 Å². The molecule has 3 heterocycles. The second-order valence-corrected chi connectivity index (χ2v) is 8.96. The Morgan fingerprint density at radius 3 is 2.47 bits per heavy atom. The van der Waals surface area contributed by atoms with Gasteiger partial charge in [0.1, 0.15) is 5.82 Å². The van der Waals surface area contributed by atoms with Gasteiger partial charge in [-0.1, -0.05) is 6.07 Å². The van der Waals surface area contributed by atoms with Gasteiger partial charge in [-0.3, -0.25) is 9.69 Å². The van der Waals surface area contributed by atoms with E-state index in [0.29, 0.717) is 42.9 Å². The van der Waals surface area contributed by atoms with Crippen LogP contribution in [0.4, 0.5) is 19.0 Å². The van der Waals surface area contributed by atoms with Gasteiger partial charge in [-0.2, -0.15) is 13.2 Å². The van der Waals surface area contributed by atoms with Gasteiger partial charge in [-0.15, -0.1) is 0 Å². The van der Waals surface area contributed by atoms with Crippen LogP contribution in [0.3, 0.4) is 0 Å². The molecule has 8 nitrogen and oxygen atoms in total. The molecule has 1 amide bonds. The number of aromatic nitrogens is 3. The summed E-state index contributed by atoms with van der Waals surface area (Å²) in [7, 11) is 1.96. The minimum absolute atomic E-state index is 0.172. The molecule has 1 N–H and O–H groups in total. The maximum absolute atomic E-state index is 13.2. The minimum Gasteiger partial charge on any atom is -0.379 e. The van der Waals surface area contributed by atoms with E-state index in [1.54, 1.807) is 12.1 Å². The number of ether oxygens (including phenoxy) is 1. The summed E-state index contributed by atoms with van der Waals surface area (Å²) in [6, 6.07) is 9.01. The van der Waals surface area contributed by atoms with Crippen LogP contribution in [0.15, 0.2) is 42.7 Å². The van der Waals surface area contributed by atoms with Gasteiger partial charge in [0.25, 0.3) is 5.91 Å². The molecule has 1 unspecified atom stereocenters. The average Bonchev–Trinajstić information content (AvgIpc) is 2.88. The minimum atomic E-state index is -4.62. The normalized spacial score (nSPS) is 15.8. The van der Waals surface area contributed by atoms with E-state index >= 15 is 0 Å². The third kappa shape index (κ3) is 5.73. The fourth-order valence-corrected chi connectivity index (χ4v) is 4.09. The summed E-state index contributed by atoms with van der Waals surface area (Å²) in [6.07, 6.45) is -2.26. The van der Waals surface area contributed by atoms with Crippen LogP contribution in [0, 0.1) is 0 Å². The van der Waals surface area contributed by atoms with Crippen molar-refractivity contribution in [2.24, 2.45) is 0 Å². The highest BCUT2D eigenvalue weighted by molar-refractivity contribution is 6.06. The molecule has 1 atom stereocenters. The Labute approximate surface area is 207 Å². The van der Waals surface area contributed by atoms with E-state index in [9.17, 15) is 18.0 Å². The van der Waals surface area contributed by atoms with Gasteiger partial charge < -0.3 is 15.0 Å². The number of alkyl halides is 3. The van der Waals surface area contributed by atoms with E-state index < -0.39 is 18.0 Å². The molecular weight excluding hydrogens is 473 g/mol. The van der Waals surface area contributed by atoms with Crippen LogP contribution in [-0.4, -0.2) is 71.7 Å². The number of hydrogen-bond acceptors (Lipinski definition) is 7. The van der Waals surface area contributed by atoms with Crippen molar-refractivity contribution in [3.05, 3.63) is 59.7 Å². The van der Waals surface area contributed by atoms with Gasteiger partial charge in [-0.25, -0.2) is 15.0 Å². The molecule has 0 bridgehead atoms. The summed E-state index contributed by atoms with van der Waals surface area (Å²) in [5.41, 5.74) is 1.67. The lowest BCUT2D eigenvalue weighted by Gasteiger charge is -2.34. The highest BCUT2D eigenvalue weighted by Gasteiger charge is 2.35. The molecule has 4 rings (SSSR count). The van der Waals surface area contributed by atoms with E-state index in [2.05, 4.69) is 34.0 Å². The maximum Gasteiger partial charge on any atom is 0.451 e. The first-order valence-corrected chi connectivity index (χ1v) is 11.8. The van der Waals surface area contributed by atoms with Gasteiger partial charge in [0.15, 0.2) is 0 Å². The number of fused-ring (bicyclic) bond motifs is 1. The molecule has 36 heavy (non-hydrogen) atoms. The number of benzene rings is 1. The molecular formula is C25H29F3N6O2. The van der Waals surface area contributed by atoms with Crippen molar-refractivity contribution in [3.8, 4) is 0 Å². The topological polar surface area (TPSA) is 83.5 Å². The van der Waals surface area contributed by atoms with Crippen LogP contribution in [0.25, 0.3) is 10.9 Å². The number of hydrogen-bond donors (Lipinski definition) is 1. The number of nitrogens with one attached hydrogen (secondary N) is 1. The Morgan fingerprint density at radius 1 is 1.14 bits per heavy atom. The number of morpholine rings is 1. The first kappa shape index (κ1) is 25.8. The number of carbonyl (C=O) groups excluding carboxylic acids is 1. The number of halogens is 3. The SMILES string of the molecule is CC(C)N(C)c1ccc2c(C(=O)NCC(c3cnc(C(F)(F)F)nc3)N3CCOCC3)cccc2n1. The molecule has 11 heteroatoms. The van der Waals surface area contributed by atoms with Crippen molar-refractivity contribution in [1.82, 2.24) is 25.2 Å². The van der Waals surface area contributed by atoms with E-state index in [1.807, 2.05) is 30.1 Å². The molecule has 0 radical (unpaired) electrons. The third-order valence-electron chi connectivity index (χ3n) is 6.35. The number of anilines is 1. The predicted molar refractivity (Wildman–Crippen MR) is 130 cm³/mol. The average molecular weight is 503 g/mol. The van der Waals surface area contributed by atoms with Crippen molar-refractivity contribution in [3.63, 3.8) is 0 Å². The molecule has 3 aromatic rings. The van der Waals surface area contributed by atoms with E-state index in [1.165, 1.54) is 12.4 Å². The summed E-state index contributed by atoms with van der Waals surface area (Å²) in [6.45, 7) is 6.45. The zero-order chi connectivity index (χ0) is 25.9. The molecule has 192 valence electrons. The van der Waals surface area contributed by atoms with Gasteiger partial charge in [-0.05, 0) is 38.1 Å². The summed E-state index contributed by atoms with van der Waals surface area (Å²) < 4.78 is 44.2. The van der Waals surface area contributed by atoms with Crippen LogP contribution in [-0.2, 0) is 10.9 Å². The van der Waals surface area contributed by atoms with Crippen LogP contribution < -0.4 is 10.2 Å². The number of rotatable bonds is 7.